The second-order valence-corrected chi connectivity index (χ2v) is 6.66. The van der Waals surface area contributed by atoms with Crippen LogP contribution < -0.4 is 9.47 Å². The summed E-state index contributed by atoms with van der Waals surface area (Å²) in [6.07, 6.45) is 4.04. The minimum absolute atomic E-state index is 0.722. The molecular formula is C21H17NO2S. The summed E-state index contributed by atoms with van der Waals surface area (Å²) in [5.74, 6) is 1.45. The van der Waals surface area contributed by atoms with E-state index in [1.165, 1.54) is 15.5 Å². The molecule has 0 aliphatic carbocycles. The zero-order valence-corrected chi connectivity index (χ0v) is 14.8. The highest BCUT2D eigenvalue weighted by Gasteiger charge is 2.08. The topological polar surface area (TPSA) is 31.4 Å². The van der Waals surface area contributed by atoms with Gasteiger partial charge in [0.1, 0.15) is 5.01 Å². The Labute approximate surface area is 150 Å². The smallest absolute Gasteiger partial charge is 0.167 e. The third-order valence-corrected chi connectivity index (χ3v) is 5.12. The van der Waals surface area contributed by atoms with Crippen molar-refractivity contribution in [2.75, 3.05) is 14.2 Å². The van der Waals surface area contributed by atoms with Crippen molar-refractivity contribution in [1.29, 1.82) is 0 Å². The number of hydrogen-bond acceptors (Lipinski definition) is 4. The average molecular weight is 347 g/mol. The van der Waals surface area contributed by atoms with Gasteiger partial charge in [0.25, 0.3) is 0 Å². The van der Waals surface area contributed by atoms with E-state index in [9.17, 15) is 0 Å². The number of fused-ring (bicyclic) bond motifs is 3. The fourth-order valence-corrected chi connectivity index (χ4v) is 3.84. The maximum Gasteiger partial charge on any atom is 0.167 e. The summed E-state index contributed by atoms with van der Waals surface area (Å²) in [5.41, 5.74) is 2.02. The molecule has 0 spiro atoms. The van der Waals surface area contributed by atoms with Gasteiger partial charge in [-0.3, -0.25) is 0 Å². The fraction of sp³-hybridized carbons (Fsp3) is 0.0952. The zero-order chi connectivity index (χ0) is 17.2. The Morgan fingerprint density at radius 2 is 1.76 bits per heavy atom. The molecule has 4 heteroatoms. The van der Waals surface area contributed by atoms with Crippen LogP contribution >= 0.6 is 11.3 Å². The van der Waals surface area contributed by atoms with Crippen LogP contribution in [0.15, 0.2) is 54.6 Å². The monoisotopic (exact) mass is 347 g/mol. The van der Waals surface area contributed by atoms with E-state index in [-0.39, 0.29) is 0 Å². The number of benzene rings is 3. The normalized spacial score (nSPS) is 11.4. The van der Waals surface area contributed by atoms with Crippen LogP contribution in [-0.4, -0.2) is 19.2 Å². The molecule has 4 rings (SSSR count). The standard InChI is InChI=1S/C21H17NO2S/c1-23-17-9-5-7-15(21(17)24-2)11-13-19-22-20-16-8-4-3-6-14(16)10-12-18(20)25-19/h3-13H,1-2H3. The Kier molecular flexibility index (Phi) is 4.12. The molecule has 0 N–H and O–H groups in total. The molecule has 0 aliphatic rings. The van der Waals surface area contributed by atoms with Crippen molar-refractivity contribution in [1.82, 2.24) is 4.98 Å². The summed E-state index contributed by atoms with van der Waals surface area (Å²) >= 11 is 1.68. The summed E-state index contributed by atoms with van der Waals surface area (Å²) in [6, 6.07) is 18.5. The van der Waals surface area contributed by atoms with Gasteiger partial charge in [-0.1, -0.05) is 42.5 Å². The molecule has 0 bridgehead atoms. The molecule has 0 radical (unpaired) electrons. The average Bonchev–Trinajstić information content (AvgIpc) is 3.09. The first-order valence-electron chi connectivity index (χ1n) is 7.97. The molecule has 25 heavy (non-hydrogen) atoms. The van der Waals surface area contributed by atoms with Crippen molar-refractivity contribution in [3.8, 4) is 11.5 Å². The first-order chi connectivity index (χ1) is 12.3. The second kappa shape index (κ2) is 6.57. The third kappa shape index (κ3) is 2.85. The molecule has 0 saturated heterocycles. The number of ether oxygens (including phenoxy) is 2. The zero-order valence-electron chi connectivity index (χ0n) is 14.0. The minimum atomic E-state index is 0.722. The lowest BCUT2D eigenvalue weighted by Crippen LogP contribution is -1.92. The number of aromatic nitrogens is 1. The summed E-state index contributed by atoms with van der Waals surface area (Å²) in [6.45, 7) is 0. The van der Waals surface area contributed by atoms with Crippen LogP contribution in [0.2, 0.25) is 0 Å². The van der Waals surface area contributed by atoms with Crippen molar-refractivity contribution in [2.24, 2.45) is 0 Å². The summed E-state index contributed by atoms with van der Waals surface area (Å²) < 4.78 is 12.0. The lowest BCUT2D eigenvalue weighted by Gasteiger charge is -2.09. The molecule has 1 heterocycles. The lowest BCUT2D eigenvalue weighted by molar-refractivity contribution is 0.354. The van der Waals surface area contributed by atoms with Crippen molar-refractivity contribution in [3.05, 3.63) is 65.2 Å². The number of nitrogens with zero attached hydrogens (tertiary/aromatic N) is 1. The molecule has 0 atom stereocenters. The minimum Gasteiger partial charge on any atom is -0.493 e. The van der Waals surface area contributed by atoms with Gasteiger partial charge >= 0.3 is 0 Å². The number of para-hydroxylation sites is 1. The highest BCUT2D eigenvalue weighted by Crippen LogP contribution is 2.33. The van der Waals surface area contributed by atoms with E-state index < -0.39 is 0 Å². The van der Waals surface area contributed by atoms with Crippen LogP contribution in [0, 0.1) is 0 Å². The number of rotatable bonds is 4. The van der Waals surface area contributed by atoms with Gasteiger partial charge in [-0.05, 0) is 29.7 Å². The first kappa shape index (κ1) is 15.7. The van der Waals surface area contributed by atoms with Crippen LogP contribution in [0.3, 0.4) is 0 Å². The summed E-state index contributed by atoms with van der Waals surface area (Å²) in [5, 5.41) is 3.37. The maximum atomic E-state index is 5.48. The Hall–Kier alpha value is -2.85. The van der Waals surface area contributed by atoms with Gasteiger partial charge in [-0.25, -0.2) is 4.98 Å². The van der Waals surface area contributed by atoms with Crippen LogP contribution in [-0.2, 0) is 0 Å². The molecule has 4 aromatic rings. The molecular weight excluding hydrogens is 330 g/mol. The van der Waals surface area contributed by atoms with E-state index in [4.69, 9.17) is 14.5 Å². The molecule has 0 aliphatic heterocycles. The van der Waals surface area contributed by atoms with Gasteiger partial charge in [0.15, 0.2) is 11.5 Å². The van der Waals surface area contributed by atoms with Crippen molar-refractivity contribution in [2.45, 2.75) is 0 Å². The summed E-state index contributed by atoms with van der Waals surface area (Å²) in [7, 11) is 3.29. The quantitative estimate of drug-likeness (QED) is 0.479. The molecule has 0 fully saturated rings. The third-order valence-electron chi connectivity index (χ3n) is 4.14. The molecule has 3 aromatic carbocycles. The fourth-order valence-electron chi connectivity index (χ4n) is 2.95. The predicted octanol–water partition coefficient (Wildman–Crippen LogP) is 5.64. The largest absolute Gasteiger partial charge is 0.493 e. The molecule has 1 aromatic heterocycles. The van der Waals surface area contributed by atoms with Gasteiger partial charge in [0.2, 0.25) is 0 Å². The molecule has 124 valence electrons. The van der Waals surface area contributed by atoms with Gasteiger partial charge in [0.05, 0.1) is 24.4 Å². The van der Waals surface area contributed by atoms with E-state index in [0.717, 1.165) is 27.6 Å². The number of hydrogen-bond donors (Lipinski definition) is 0. The van der Waals surface area contributed by atoms with Crippen LogP contribution in [0.25, 0.3) is 33.1 Å². The SMILES string of the molecule is COc1cccc(C=Cc2nc3c(ccc4ccccc43)s2)c1OC. The second-order valence-electron chi connectivity index (χ2n) is 5.60. The predicted molar refractivity (Wildman–Crippen MR) is 106 cm³/mol. The van der Waals surface area contributed by atoms with Crippen LogP contribution in [0.5, 0.6) is 11.5 Å². The highest BCUT2D eigenvalue weighted by molar-refractivity contribution is 7.19. The van der Waals surface area contributed by atoms with Gasteiger partial charge < -0.3 is 9.47 Å². The van der Waals surface area contributed by atoms with Gasteiger partial charge in [0, 0.05) is 10.9 Å². The Balaban J connectivity index is 1.76. The number of methoxy groups -OCH3 is 2. The maximum absolute atomic E-state index is 5.48. The number of thiazole rings is 1. The molecule has 3 nitrogen and oxygen atoms in total. The Morgan fingerprint density at radius 3 is 2.60 bits per heavy atom. The lowest BCUT2D eigenvalue weighted by atomic mass is 10.1. The van der Waals surface area contributed by atoms with Crippen LogP contribution in [0.1, 0.15) is 10.6 Å². The van der Waals surface area contributed by atoms with E-state index in [2.05, 4.69) is 36.4 Å². The molecule has 0 saturated carbocycles. The first-order valence-corrected chi connectivity index (χ1v) is 8.79. The van der Waals surface area contributed by atoms with E-state index in [0.29, 0.717) is 0 Å². The van der Waals surface area contributed by atoms with Crippen molar-refractivity contribution in [3.63, 3.8) is 0 Å². The summed E-state index contributed by atoms with van der Waals surface area (Å²) in [4.78, 5) is 4.81. The van der Waals surface area contributed by atoms with E-state index in [1.807, 2.05) is 30.4 Å². The van der Waals surface area contributed by atoms with Crippen molar-refractivity contribution >= 4 is 44.5 Å². The van der Waals surface area contributed by atoms with Crippen molar-refractivity contribution < 1.29 is 9.47 Å². The Morgan fingerprint density at radius 1 is 0.880 bits per heavy atom. The van der Waals surface area contributed by atoms with E-state index in [1.54, 1.807) is 25.6 Å². The van der Waals surface area contributed by atoms with Gasteiger partial charge in [-0.2, -0.15) is 0 Å². The van der Waals surface area contributed by atoms with Crippen LogP contribution in [0.4, 0.5) is 0 Å². The van der Waals surface area contributed by atoms with Gasteiger partial charge in [-0.15, -0.1) is 11.3 Å². The highest BCUT2D eigenvalue weighted by atomic mass is 32.1. The Bertz CT molecular complexity index is 1080. The van der Waals surface area contributed by atoms with E-state index >= 15 is 0 Å². The molecule has 0 unspecified atom stereocenters. The molecule has 0 amide bonds.